The van der Waals surface area contributed by atoms with Crippen LogP contribution in [0.3, 0.4) is 0 Å². The zero-order valence-electron chi connectivity index (χ0n) is 15.3. The fourth-order valence-corrected chi connectivity index (χ4v) is 2.89. The van der Waals surface area contributed by atoms with Crippen molar-refractivity contribution in [3.8, 4) is 5.75 Å². The quantitative estimate of drug-likeness (QED) is 0.784. The van der Waals surface area contributed by atoms with E-state index in [1.165, 1.54) is 0 Å². The van der Waals surface area contributed by atoms with E-state index in [9.17, 15) is 14.4 Å². The second kappa shape index (κ2) is 7.06. The smallest absolute Gasteiger partial charge is 0.325 e. The summed E-state index contributed by atoms with van der Waals surface area (Å²) >= 11 is 0. The molecule has 27 heavy (non-hydrogen) atoms. The number of benzene rings is 1. The summed E-state index contributed by atoms with van der Waals surface area (Å²) in [5.41, 5.74) is 0.290. The fourth-order valence-electron chi connectivity index (χ4n) is 2.89. The number of ether oxygens (including phenoxy) is 1. The van der Waals surface area contributed by atoms with Gasteiger partial charge in [0.05, 0.1) is 7.11 Å². The van der Waals surface area contributed by atoms with Crippen molar-refractivity contribution in [1.29, 1.82) is 0 Å². The molecule has 1 aliphatic rings. The Labute approximate surface area is 156 Å². The highest BCUT2D eigenvalue weighted by atomic mass is 16.5. The van der Waals surface area contributed by atoms with Crippen LogP contribution in [0.25, 0.3) is 0 Å². The number of nitrogens with zero attached hydrogens (tertiary/aromatic N) is 2. The van der Waals surface area contributed by atoms with Crippen LogP contribution in [0, 0.1) is 6.92 Å². The molecule has 0 aliphatic carbocycles. The Hall–Kier alpha value is -3.42. The highest BCUT2D eigenvalue weighted by molar-refractivity contribution is 6.10. The average molecular weight is 368 g/mol. The summed E-state index contributed by atoms with van der Waals surface area (Å²) in [7, 11) is 1.54. The van der Waals surface area contributed by atoms with Crippen molar-refractivity contribution in [2.45, 2.75) is 19.4 Å². The molecule has 1 atom stereocenters. The Bertz CT molecular complexity index is 897. The van der Waals surface area contributed by atoms with E-state index < -0.39 is 29.9 Å². The van der Waals surface area contributed by atoms with Gasteiger partial charge in [-0.05, 0) is 49.2 Å². The number of amides is 4. The van der Waals surface area contributed by atoms with Crippen molar-refractivity contribution in [3.63, 3.8) is 0 Å². The molecule has 0 spiro atoms. The van der Waals surface area contributed by atoms with Gasteiger partial charge >= 0.3 is 6.03 Å². The molecule has 8 heteroatoms. The third-order valence-electron chi connectivity index (χ3n) is 4.43. The van der Waals surface area contributed by atoms with Gasteiger partial charge in [-0.25, -0.2) is 9.78 Å². The lowest BCUT2D eigenvalue weighted by molar-refractivity contribution is -0.133. The fraction of sp³-hybridized carbons (Fsp3) is 0.263. The number of anilines is 1. The van der Waals surface area contributed by atoms with Gasteiger partial charge < -0.3 is 15.4 Å². The summed E-state index contributed by atoms with van der Waals surface area (Å²) in [4.78, 5) is 42.4. The monoisotopic (exact) mass is 368 g/mol. The lowest BCUT2D eigenvalue weighted by atomic mass is 9.92. The number of carbonyl (C=O) groups is 3. The molecule has 1 aromatic carbocycles. The third kappa shape index (κ3) is 3.59. The van der Waals surface area contributed by atoms with Crippen molar-refractivity contribution in [1.82, 2.24) is 15.2 Å². The number of rotatable bonds is 5. The number of nitrogens with one attached hydrogen (secondary N) is 2. The molecule has 0 radical (unpaired) electrons. The molecule has 1 fully saturated rings. The molecule has 1 aliphatic heterocycles. The minimum absolute atomic E-state index is 0.366. The molecule has 2 heterocycles. The van der Waals surface area contributed by atoms with Crippen molar-refractivity contribution in [2.75, 3.05) is 19.0 Å². The standard InChI is InChI=1S/C19H20N4O4/c1-12-8-9-20-15(10-12)21-16(24)11-23-17(25)19(2,22-18(23)26)13-4-6-14(27-3)7-5-13/h4-10H,11H2,1-3H3,(H,22,26)(H,20,21,24). The van der Waals surface area contributed by atoms with Gasteiger partial charge in [0.25, 0.3) is 5.91 Å². The van der Waals surface area contributed by atoms with E-state index in [-0.39, 0.29) is 0 Å². The first-order chi connectivity index (χ1) is 12.8. The zero-order valence-corrected chi connectivity index (χ0v) is 15.3. The summed E-state index contributed by atoms with van der Waals surface area (Å²) in [6, 6.07) is 9.70. The van der Waals surface area contributed by atoms with Crippen LogP contribution >= 0.6 is 0 Å². The van der Waals surface area contributed by atoms with Crippen LogP contribution in [-0.2, 0) is 15.1 Å². The minimum Gasteiger partial charge on any atom is -0.497 e. The van der Waals surface area contributed by atoms with E-state index in [1.807, 2.05) is 6.92 Å². The van der Waals surface area contributed by atoms with Crippen LogP contribution in [0.1, 0.15) is 18.1 Å². The summed E-state index contributed by atoms with van der Waals surface area (Å²) in [6.07, 6.45) is 1.57. The van der Waals surface area contributed by atoms with Crippen LogP contribution in [0.15, 0.2) is 42.6 Å². The van der Waals surface area contributed by atoms with Crippen LogP contribution in [-0.4, -0.2) is 41.4 Å². The van der Waals surface area contributed by atoms with E-state index in [2.05, 4.69) is 15.6 Å². The minimum atomic E-state index is -1.24. The number of aromatic nitrogens is 1. The SMILES string of the molecule is COc1ccc(C2(C)NC(=O)N(CC(=O)Nc3cc(C)ccn3)C2=O)cc1. The highest BCUT2D eigenvalue weighted by Crippen LogP contribution is 2.29. The Morgan fingerprint density at radius 2 is 1.96 bits per heavy atom. The Morgan fingerprint density at radius 1 is 1.26 bits per heavy atom. The lowest BCUT2D eigenvalue weighted by Crippen LogP contribution is -2.42. The molecule has 3 rings (SSSR count). The topological polar surface area (TPSA) is 101 Å². The van der Waals surface area contributed by atoms with Crippen molar-refractivity contribution >= 4 is 23.7 Å². The summed E-state index contributed by atoms with van der Waals surface area (Å²) in [6.45, 7) is 3.08. The van der Waals surface area contributed by atoms with Crippen LogP contribution in [0.2, 0.25) is 0 Å². The first kappa shape index (κ1) is 18.4. The second-order valence-corrected chi connectivity index (χ2v) is 6.44. The number of aryl methyl sites for hydroxylation is 1. The highest BCUT2D eigenvalue weighted by Gasteiger charge is 2.49. The van der Waals surface area contributed by atoms with Crippen molar-refractivity contribution in [2.24, 2.45) is 0 Å². The lowest BCUT2D eigenvalue weighted by Gasteiger charge is -2.22. The van der Waals surface area contributed by atoms with Crippen LogP contribution in [0.4, 0.5) is 10.6 Å². The number of carbonyl (C=O) groups excluding carboxylic acids is 3. The number of urea groups is 1. The number of pyridine rings is 1. The molecule has 0 saturated carbocycles. The van der Waals surface area contributed by atoms with Gasteiger partial charge in [-0.15, -0.1) is 0 Å². The molecule has 8 nitrogen and oxygen atoms in total. The van der Waals surface area contributed by atoms with E-state index in [1.54, 1.807) is 56.6 Å². The van der Waals surface area contributed by atoms with E-state index in [0.717, 1.165) is 10.5 Å². The van der Waals surface area contributed by atoms with Crippen LogP contribution < -0.4 is 15.4 Å². The average Bonchev–Trinajstić information content (AvgIpc) is 2.86. The Balaban J connectivity index is 1.74. The molecule has 2 aromatic rings. The number of methoxy groups -OCH3 is 1. The zero-order chi connectivity index (χ0) is 19.6. The van der Waals surface area contributed by atoms with Crippen molar-refractivity contribution < 1.29 is 19.1 Å². The van der Waals surface area contributed by atoms with Gasteiger partial charge in [0.2, 0.25) is 5.91 Å². The number of hydrogen-bond donors (Lipinski definition) is 2. The number of hydrogen-bond acceptors (Lipinski definition) is 5. The van der Waals surface area contributed by atoms with Gasteiger partial charge in [-0.1, -0.05) is 12.1 Å². The normalized spacial score (nSPS) is 19.0. The van der Waals surface area contributed by atoms with Gasteiger partial charge in [0, 0.05) is 6.20 Å². The second-order valence-electron chi connectivity index (χ2n) is 6.44. The van der Waals surface area contributed by atoms with Gasteiger partial charge in [0.15, 0.2) is 0 Å². The molecule has 1 unspecified atom stereocenters. The summed E-state index contributed by atoms with van der Waals surface area (Å²) < 4.78 is 5.11. The first-order valence-electron chi connectivity index (χ1n) is 8.34. The largest absolute Gasteiger partial charge is 0.497 e. The van der Waals surface area contributed by atoms with Gasteiger partial charge in [0.1, 0.15) is 23.7 Å². The predicted molar refractivity (Wildman–Crippen MR) is 98.2 cm³/mol. The van der Waals surface area contributed by atoms with E-state index in [4.69, 9.17) is 4.74 Å². The van der Waals surface area contributed by atoms with Crippen molar-refractivity contribution in [3.05, 3.63) is 53.7 Å². The molecule has 1 saturated heterocycles. The molecular formula is C19H20N4O4. The maximum absolute atomic E-state index is 12.9. The van der Waals surface area contributed by atoms with E-state index >= 15 is 0 Å². The first-order valence-corrected chi connectivity index (χ1v) is 8.34. The molecule has 1 aromatic heterocycles. The summed E-state index contributed by atoms with van der Waals surface area (Å²) in [5, 5.41) is 5.26. The molecule has 140 valence electrons. The predicted octanol–water partition coefficient (Wildman–Crippen LogP) is 1.80. The maximum atomic E-state index is 12.9. The Kier molecular flexibility index (Phi) is 4.81. The van der Waals surface area contributed by atoms with Crippen LogP contribution in [0.5, 0.6) is 5.75 Å². The molecular weight excluding hydrogens is 348 g/mol. The molecule has 2 N–H and O–H groups in total. The van der Waals surface area contributed by atoms with Gasteiger partial charge in [-0.3, -0.25) is 14.5 Å². The maximum Gasteiger partial charge on any atom is 0.325 e. The number of imide groups is 1. The molecule has 4 amide bonds. The molecule has 0 bridgehead atoms. The van der Waals surface area contributed by atoms with E-state index in [0.29, 0.717) is 17.1 Å². The Morgan fingerprint density at radius 3 is 2.59 bits per heavy atom. The third-order valence-corrected chi connectivity index (χ3v) is 4.43. The summed E-state index contributed by atoms with van der Waals surface area (Å²) in [5.74, 6) is 0.00609. The van der Waals surface area contributed by atoms with Gasteiger partial charge in [-0.2, -0.15) is 0 Å².